The summed E-state index contributed by atoms with van der Waals surface area (Å²) < 4.78 is 37.7. The van der Waals surface area contributed by atoms with Gasteiger partial charge in [-0.05, 0) is 50.5 Å². The fourth-order valence-electron chi connectivity index (χ4n) is 2.82. The van der Waals surface area contributed by atoms with E-state index in [1.54, 1.807) is 0 Å². The van der Waals surface area contributed by atoms with Crippen molar-refractivity contribution in [2.24, 2.45) is 23.0 Å². The van der Waals surface area contributed by atoms with Crippen molar-refractivity contribution in [2.45, 2.75) is 58.5 Å². The van der Waals surface area contributed by atoms with Crippen molar-refractivity contribution in [3.63, 3.8) is 0 Å². The van der Waals surface area contributed by atoms with Gasteiger partial charge in [-0.25, -0.2) is 0 Å². The van der Waals surface area contributed by atoms with E-state index in [2.05, 4.69) is 19.2 Å². The first kappa shape index (κ1) is 18.3. The molecular formula is C15H27F3N2O. The average Bonchev–Trinajstić information content (AvgIpc) is 2.42. The van der Waals surface area contributed by atoms with Crippen LogP contribution in [0.15, 0.2) is 0 Å². The molecule has 1 amide bonds. The zero-order valence-corrected chi connectivity index (χ0v) is 12.9. The molecule has 3 N–H and O–H groups in total. The number of halogens is 3. The van der Waals surface area contributed by atoms with E-state index >= 15 is 0 Å². The van der Waals surface area contributed by atoms with Crippen molar-refractivity contribution in [1.29, 1.82) is 0 Å². The summed E-state index contributed by atoms with van der Waals surface area (Å²) in [4.78, 5) is 12.1. The molecule has 1 aliphatic rings. The van der Waals surface area contributed by atoms with Crippen LogP contribution >= 0.6 is 0 Å². The van der Waals surface area contributed by atoms with E-state index in [0.717, 1.165) is 12.8 Å². The second-order valence-corrected chi connectivity index (χ2v) is 6.86. The molecule has 0 radical (unpaired) electrons. The Labute approximate surface area is 124 Å². The molecule has 0 saturated heterocycles. The minimum Gasteiger partial charge on any atom is -0.355 e. The molecule has 1 rings (SSSR count). The maximum absolute atomic E-state index is 12.6. The monoisotopic (exact) mass is 308 g/mol. The highest BCUT2D eigenvalue weighted by molar-refractivity contribution is 5.78. The number of nitrogens with two attached hydrogens (primary N) is 1. The van der Waals surface area contributed by atoms with Gasteiger partial charge in [0.05, 0.1) is 5.92 Å². The number of carbonyl (C=O) groups excluding carboxylic acids is 1. The summed E-state index contributed by atoms with van der Waals surface area (Å²) in [5, 5.41) is 2.89. The Morgan fingerprint density at radius 2 is 1.76 bits per heavy atom. The van der Waals surface area contributed by atoms with E-state index in [-0.39, 0.29) is 30.1 Å². The molecule has 1 saturated carbocycles. The third-order valence-corrected chi connectivity index (χ3v) is 4.36. The highest BCUT2D eigenvalue weighted by Gasteiger charge is 2.42. The third kappa shape index (κ3) is 6.24. The molecule has 0 bridgehead atoms. The van der Waals surface area contributed by atoms with Crippen LogP contribution in [0, 0.1) is 17.3 Å². The largest absolute Gasteiger partial charge is 0.391 e. The molecule has 1 aliphatic carbocycles. The Balaban J connectivity index is 2.34. The number of alkyl halides is 3. The molecule has 3 nitrogen and oxygen atoms in total. The maximum Gasteiger partial charge on any atom is 0.391 e. The first-order valence-corrected chi connectivity index (χ1v) is 7.70. The second-order valence-electron chi connectivity index (χ2n) is 6.86. The molecule has 0 aliphatic heterocycles. The van der Waals surface area contributed by atoms with Crippen molar-refractivity contribution in [3.05, 3.63) is 0 Å². The highest BCUT2D eigenvalue weighted by atomic mass is 19.4. The summed E-state index contributed by atoms with van der Waals surface area (Å²) in [6, 6.07) is 0. The van der Waals surface area contributed by atoms with Gasteiger partial charge in [-0.15, -0.1) is 0 Å². The van der Waals surface area contributed by atoms with Gasteiger partial charge in [0.2, 0.25) is 5.91 Å². The molecule has 0 aromatic rings. The van der Waals surface area contributed by atoms with Crippen LogP contribution in [-0.2, 0) is 4.79 Å². The summed E-state index contributed by atoms with van der Waals surface area (Å²) >= 11 is 0. The molecule has 0 unspecified atom stereocenters. The fraction of sp³-hybridized carbons (Fsp3) is 0.933. The molecular weight excluding hydrogens is 281 g/mol. The van der Waals surface area contributed by atoms with Crippen molar-refractivity contribution >= 4 is 5.91 Å². The topological polar surface area (TPSA) is 55.1 Å². The van der Waals surface area contributed by atoms with E-state index in [1.165, 1.54) is 0 Å². The number of carbonyl (C=O) groups is 1. The van der Waals surface area contributed by atoms with Crippen LogP contribution in [0.3, 0.4) is 0 Å². The lowest BCUT2D eigenvalue weighted by molar-refractivity contribution is -0.184. The Morgan fingerprint density at radius 3 is 2.24 bits per heavy atom. The van der Waals surface area contributed by atoms with Gasteiger partial charge >= 0.3 is 6.18 Å². The maximum atomic E-state index is 12.6. The van der Waals surface area contributed by atoms with Crippen molar-refractivity contribution in [3.8, 4) is 0 Å². The first-order valence-electron chi connectivity index (χ1n) is 7.70. The van der Waals surface area contributed by atoms with Gasteiger partial charge in [-0.1, -0.05) is 13.8 Å². The predicted molar refractivity (Wildman–Crippen MR) is 76.6 cm³/mol. The van der Waals surface area contributed by atoms with Gasteiger partial charge in [0.1, 0.15) is 0 Å². The van der Waals surface area contributed by atoms with Crippen LogP contribution in [0.25, 0.3) is 0 Å². The van der Waals surface area contributed by atoms with Gasteiger partial charge in [0.25, 0.3) is 0 Å². The Kier molecular flexibility index (Phi) is 6.50. The quantitative estimate of drug-likeness (QED) is 0.791. The van der Waals surface area contributed by atoms with E-state index in [4.69, 9.17) is 5.73 Å². The normalized spacial score (nSPS) is 23.9. The van der Waals surface area contributed by atoms with Crippen molar-refractivity contribution in [1.82, 2.24) is 5.32 Å². The molecule has 21 heavy (non-hydrogen) atoms. The Hall–Kier alpha value is -0.780. The minimum absolute atomic E-state index is 0.0296. The number of hydrogen-bond acceptors (Lipinski definition) is 2. The van der Waals surface area contributed by atoms with Gasteiger partial charge < -0.3 is 11.1 Å². The smallest absolute Gasteiger partial charge is 0.355 e. The zero-order valence-electron chi connectivity index (χ0n) is 12.9. The first-order chi connectivity index (χ1) is 9.65. The highest BCUT2D eigenvalue weighted by Crippen LogP contribution is 2.39. The summed E-state index contributed by atoms with van der Waals surface area (Å²) in [6.07, 6.45) is -1.50. The van der Waals surface area contributed by atoms with E-state index in [1.807, 2.05) is 0 Å². The third-order valence-electron chi connectivity index (χ3n) is 4.36. The van der Waals surface area contributed by atoms with Crippen LogP contribution < -0.4 is 11.1 Å². The molecule has 1 fully saturated rings. The SMILES string of the molecule is CC(C)(CCCN)CNC(=O)C1CCC(C(F)(F)F)CC1. The summed E-state index contributed by atoms with van der Waals surface area (Å²) in [7, 11) is 0. The molecule has 124 valence electrons. The lowest BCUT2D eigenvalue weighted by Crippen LogP contribution is -2.40. The van der Waals surface area contributed by atoms with Crippen LogP contribution in [-0.4, -0.2) is 25.2 Å². The Bertz CT molecular complexity index is 334. The van der Waals surface area contributed by atoms with Crippen LogP contribution in [0.4, 0.5) is 13.2 Å². The number of amides is 1. The van der Waals surface area contributed by atoms with Gasteiger partial charge in [-0.3, -0.25) is 4.79 Å². The molecule has 0 aromatic carbocycles. The zero-order chi connectivity index (χ0) is 16.1. The lowest BCUT2D eigenvalue weighted by Gasteiger charge is -2.30. The second kappa shape index (κ2) is 7.47. The number of rotatable bonds is 6. The predicted octanol–water partition coefficient (Wildman–Crippen LogP) is 3.24. The minimum atomic E-state index is -4.12. The average molecular weight is 308 g/mol. The van der Waals surface area contributed by atoms with Crippen LogP contribution in [0.5, 0.6) is 0 Å². The number of hydrogen-bond donors (Lipinski definition) is 2. The van der Waals surface area contributed by atoms with Gasteiger partial charge in [-0.2, -0.15) is 13.2 Å². The lowest BCUT2D eigenvalue weighted by atomic mass is 9.81. The molecule has 0 atom stereocenters. The summed E-state index contributed by atoms with van der Waals surface area (Å²) in [5.41, 5.74) is 5.45. The summed E-state index contributed by atoms with van der Waals surface area (Å²) in [5.74, 6) is -1.60. The van der Waals surface area contributed by atoms with E-state index < -0.39 is 12.1 Å². The van der Waals surface area contributed by atoms with Crippen molar-refractivity contribution in [2.75, 3.05) is 13.1 Å². The van der Waals surface area contributed by atoms with E-state index in [9.17, 15) is 18.0 Å². The number of nitrogens with one attached hydrogen (secondary N) is 1. The van der Waals surface area contributed by atoms with E-state index in [0.29, 0.717) is 25.9 Å². The Morgan fingerprint density at radius 1 is 1.19 bits per heavy atom. The molecule has 0 aromatic heterocycles. The summed E-state index contributed by atoms with van der Waals surface area (Å²) in [6.45, 7) is 5.29. The molecule has 6 heteroatoms. The van der Waals surface area contributed by atoms with Gasteiger partial charge in [0.15, 0.2) is 0 Å². The molecule has 0 spiro atoms. The van der Waals surface area contributed by atoms with Crippen LogP contribution in [0.2, 0.25) is 0 Å². The molecule has 0 heterocycles. The fourth-order valence-corrected chi connectivity index (χ4v) is 2.82. The van der Waals surface area contributed by atoms with Gasteiger partial charge in [0, 0.05) is 12.5 Å². The van der Waals surface area contributed by atoms with Crippen molar-refractivity contribution < 1.29 is 18.0 Å². The standard InChI is InChI=1S/C15H27F3N2O/c1-14(2,8-3-9-19)10-20-13(21)11-4-6-12(7-5-11)15(16,17)18/h11-12H,3-10,19H2,1-2H3,(H,20,21). The van der Waals surface area contributed by atoms with Crippen LogP contribution in [0.1, 0.15) is 52.4 Å².